The van der Waals surface area contributed by atoms with Gasteiger partial charge in [-0.15, -0.1) is 0 Å². The van der Waals surface area contributed by atoms with E-state index >= 15 is 0 Å². The minimum Gasteiger partial charge on any atom is -0.456 e. The van der Waals surface area contributed by atoms with Crippen molar-refractivity contribution in [2.75, 3.05) is 6.61 Å². The highest BCUT2D eigenvalue weighted by Gasteiger charge is 2.63. The molecule has 3 N–H and O–H groups in total. The van der Waals surface area contributed by atoms with Gasteiger partial charge < -0.3 is 14.9 Å². The smallest absolute Gasteiger partial charge is 0.456 e. The summed E-state index contributed by atoms with van der Waals surface area (Å²) in [5.74, 6) is -3.15. The van der Waals surface area contributed by atoms with E-state index in [0.29, 0.717) is 19.3 Å². The molecule has 0 aromatic rings. The van der Waals surface area contributed by atoms with Gasteiger partial charge in [0.15, 0.2) is 0 Å². The van der Waals surface area contributed by atoms with Crippen LogP contribution in [-0.4, -0.2) is 52.7 Å². The second-order valence-corrected chi connectivity index (χ2v) is 8.72. The normalized spacial score (nSPS) is 42.7. The van der Waals surface area contributed by atoms with Crippen LogP contribution in [0.2, 0.25) is 0 Å². The van der Waals surface area contributed by atoms with Gasteiger partial charge in [-0.05, 0) is 49.4 Å². The first-order valence-electron chi connectivity index (χ1n) is 7.31. The average Bonchev–Trinajstić information content (AvgIpc) is 2.39. The lowest BCUT2D eigenvalue weighted by atomic mass is 9.47. The molecule has 4 aliphatic carbocycles. The maximum absolute atomic E-state index is 13.4. The lowest BCUT2D eigenvalue weighted by Crippen LogP contribution is -2.63. The molecule has 7 nitrogen and oxygen atoms in total. The highest BCUT2D eigenvalue weighted by molar-refractivity contribution is 7.87. The second kappa shape index (κ2) is 4.84. The van der Waals surface area contributed by atoms with Gasteiger partial charge in [0.2, 0.25) is 0 Å². The van der Waals surface area contributed by atoms with Crippen molar-refractivity contribution in [2.24, 2.45) is 17.3 Å². The van der Waals surface area contributed by atoms with Gasteiger partial charge in [-0.2, -0.15) is 17.2 Å². The molecule has 4 rings (SSSR count). The fourth-order valence-electron chi connectivity index (χ4n) is 4.91. The largest absolute Gasteiger partial charge is 0.465 e. The average molecular weight is 356 g/mol. The zero-order valence-electron chi connectivity index (χ0n) is 12.1. The summed E-state index contributed by atoms with van der Waals surface area (Å²) in [5.41, 5.74) is -1.52. The number of aliphatic hydroxyl groups excluding tert-OH is 1. The van der Waals surface area contributed by atoms with E-state index in [0.717, 1.165) is 0 Å². The molecule has 0 aromatic carbocycles. The lowest BCUT2D eigenvalue weighted by Gasteiger charge is -2.62. The van der Waals surface area contributed by atoms with Crippen LogP contribution < -0.4 is 0 Å². The van der Waals surface area contributed by atoms with Crippen LogP contribution in [0.5, 0.6) is 0 Å². The predicted molar refractivity (Wildman–Crippen MR) is 70.9 cm³/mol. The highest BCUT2D eigenvalue weighted by Crippen LogP contribution is 2.62. The van der Waals surface area contributed by atoms with Crippen molar-refractivity contribution in [1.82, 2.24) is 0 Å². The van der Waals surface area contributed by atoms with Crippen LogP contribution in [0.1, 0.15) is 32.1 Å². The van der Waals surface area contributed by atoms with Crippen molar-refractivity contribution in [3.8, 4) is 0 Å². The zero-order chi connectivity index (χ0) is 17.3. The molecule has 0 spiro atoms. The fourth-order valence-corrected chi connectivity index (χ4v) is 5.17. The summed E-state index contributed by atoms with van der Waals surface area (Å²) in [7, 11) is -5.90. The molecule has 2 atom stereocenters. The summed E-state index contributed by atoms with van der Waals surface area (Å²) in [6.45, 7) is -0.149. The van der Waals surface area contributed by atoms with Gasteiger partial charge in [-0.3, -0.25) is 4.55 Å². The Morgan fingerprint density at radius 3 is 2.17 bits per heavy atom. The first-order valence-corrected chi connectivity index (χ1v) is 8.75. The first-order chi connectivity index (χ1) is 10.4. The van der Waals surface area contributed by atoms with E-state index in [1.54, 1.807) is 0 Å². The molecule has 10 heteroatoms. The van der Waals surface area contributed by atoms with Crippen molar-refractivity contribution in [2.45, 2.75) is 49.1 Å². The number of hydrogen-bond acceptors (Lipinski definition) is 6. The van der Waals surface area contributed by atoms with Crippen LogP contribution in [0.4, 0.5) is 8.78 Å². The first kappa shape index (κ1) is 17.0. The molecule has 0 radical (unpaired) electrons. The topological polar surface area (TPSA) is 121 Å². The molecule has 132 valence electrons. The Labute approximate surface area is 131 Å². The van der Waals surface area contributed by atoms with Gasteiger partial charge in [-0.25, -0.2) is 4.79 Å². The summed E-state index contributed by atoms with van der Waals surface area (Å²) >= 11 is 0. The maximum atomic E-state index is 13.4. The van der Waals surface area contributed by atoms with E-state index in [9.17, 15) is 32.2 Å². The highest BCUT2D eigenvalue weighted by atomic mass is 32.2. The molecule has 0 heterocycles. The Kier molecular flexibility index (Phi) is 3.58. The lowest BCUT2D eigenvalue weighted by molar-refractivity contribution is -0.232. The summed E-state index contributed by atoms with van der Waals surface area (Å²) < 4.78 is 61.2. The minimum atomic E-state index is -5.90. The van der Waals surface area contributed by atoms with E-state index in [-0.39, 0.29) is 19.4 Å². The summed E-state index contributed by atoms with van der Waals surface area (Å²) in [6.07, 6.45) is 0.803. The Balaban J connectivity index is 1.81. The number of esters is 1. The van der Waals surface area contributed by atoms with Gasteiger partial charge in [0.05, 0.1) is 5.60 Å². The van der Waals surface area contributed by atoms with Crippen molar-refractivity contribution in [3.05, 3.63) is 0 Å². The predicted octanol–water partition coefficient (Wildman–Crippen LogP) is 0.312. The molecule has 23 heavy (non-hydrogen) atoms. The van der Waals surface area contributed by atoms with Crippen molar-refractivity contribution < 1.29 is 41.5 Å². The Morgan fingerprint density at radius 2 is 1.74 bits per heavy atom. The molecule has 0 aromatic heterocycles. The summed E-state index contributed by atoms with van der Waals surface area (Å²) in [6, 6.07) is 0. The van der Waals surface area contributed by atoms with E-state index in [4.69, 9.17) is 9.29 Å². The van der Waals surface area contributed by atoms with E-state index in [1.807, 2.05) is 0 Å². The number of aliphatic hydroxyl groups is 2. The van der Waals surface area contributed by atoms with E-state index in [2.05, 4.69) is 0 Å². The Hall–Kier alpha value is -0.840. The number of halogens is 2. The van der Waals surface area contributed by atoms with Gasteiger partial charge in [0.25, 0.3) is 0 Å². The molecule has 2 unspecified atom stereocenters. The number of hydrogen-bond donors (Lipinski definition) is 3. The van der Waals surface area contributed by atoms with E-state index in [1.165, 1.54) is 0 Å². The molecule has 0 saturated heterocycles. The van der Waals surface area contributed by atoms with Gasteiger partial charge in [0, 0.05) is 6.61 Å². The molecule has 0 aliphatic heterocycles. The third kappa shape index (κ3) is 2.55. The standard InChI is InChI=1S/C13H18F2O7S/c14-13(15,23(19,20)21)10(17)22-9-7-1-11(6-16)2-8(9)4-12(18,3-7)5-11/h7-9,16,18H,1-6H2,(H,19,20,21). The third-order valence-electron chi connectivity index (χ3n) is 5.45. The maximum Gasteiger partial charge on any atom is 0.465 e. The molecular weight excluding hydrogens is 338 g/mol. The van der Waals surface area contributed by atoms with Gasteiger partial charge in [-0.1, -0.05) is 0 Å². The van der Waals surface area contributed by atoms with Crippen LogP contribution in [-0.2, 0) is 19.6 Å². The van der Waals surface area contributed by atoms with Crippen molar-refractivity contribution in [3.63, 3.8) is 0 Å². The van der Waals surface area contributed by atoms with Crippen LogP contribution >= 0.6 is 0 Å². The van der Waals surface area contributed by atoms with E-state index < -0.39 is 50.3 Å². The molecule has 0 amide bonds. The van der Waals surface area contributed by atoms with Crippen LogP contribution in [0, 0.1) is 17.3 Å². The molecule has 4 bridgehead atoms. The minimum absolute atomic E-state index is 0.149. The van der Waals surface area contributed by atoms with Gasteiger partial charge >= 0.3 is 21.3 Å². The monoisotopic (exact) mass is 356 g/mol. The van der Waals surface area contributed by atoms with Crippen molar-refractivity contribution in [1.29, 1.82) is 0 Å². The molecule has 4 fully saturated rings. The quantitative estimate of drug-likeness (QED) is 0.490. The number of alkyl halides is 2. The second-order valence-electron chi connectivity index (χ2n) is 7.26. The molecule has 4 saturated carbocycles. The third-order valence-corrected chi connectivity index (χ3v) is 6.26. The number of carbonyl (C=O) groups is 1. The Bertz CT molecular complexity index is 616. The number of ether oxygens (including phenoxy) is 1. The zero-order valence-corrected chi connectivity index (χ0v) is 12.9. The fraction of sp³-hybridized carbons (Fsp3) is 0.923. The van der Waals surface area contributed by atoms with Crippen LogP contribution in [0.25, 0.3) is 0 Å². The number of rotatable bonds is 4. The molecule has 4 aliphatic rings. The van der Waals surface area contributed by atoms with Gasteiger partial charge in [0.1, 0.15) is 6.10 Å². The summed E-state index contributed by atoms with van der Waals surface area (Å²) in [4.78, 5) is 11.5. The van der Waals surface area contributed by atoms with Crippen molar-refractivity contribution >= 4 is 16.1 Å². The summed E-state index contributed by atoms with van der Waals surface area (Å²) in [5, 5.41) is 15.1. The van der Waals surface area contributed by atoms with Crippen LogP contribution in [0.15, 0.2) is 0 Å². The van der Waals surface area contributed by atoms with Crippen LogP contribution in [0.3, 0.4) is 0 Å². The SMILES string of the molecule is O=C(OC1C2CC3(O)CC1CC(CO)(C2)C3)C(F)(F)S(=O)(=O)O. The molecular formula is C13H18F2O7S. The number of carbonyl (C=O) groups excluding carboxylic acids is 1. The Morgan fingerprint density at radius 1 is 1.22 bits per heavy atom.